The van der Waals surface area contributed by atoms with Crippen LogP contribution in [0.25, 0.3) is 22.3 Å². The Balaban J connectivity index is 1.60. The highest BCUT2D eigenvalue weighted by Crippen LogP contribution is 2.35. The molecule has 0 aromatic carbocycles. The van der Waals surface area contributed by atoms with Crippen LogP contribution in [0.2, 0.25) is 25.7 Å². The number of anilines is 1. The average molecular weight is 474 g/mol. The van der Waals surface area contributed by atoms with E-state index in [9.17, 15) is 9.90 Å². The van der Waals surface area contributed by atoms with E-state index in [0.717, 1.165) is 53.5 Å². The monoisotopic (exact) mass is 473 g/mol. The number of likely N-dealkylation sites (tertiary alicyclic amines) is 1. The number of hydrogen-bond acceptors (Lipinski definition) is 6. The van der Waals surface area contributed by atoms with Crippen molar-refractivity contribution in [1.29, 1.82) is 0 Å². The number of hydrogen-bond donors (Lipinski definition) is 2. The maximum absolute atomic E-state index is 11.5. The first-order chi connectivity index (χ1) is 15.3. The third-order valence-corrected chi connectivity index (χ3v) is 8.03. The van der Waals surface area contributed by atoms with Gasteiger partial charge in [-0.05, 0) is 42.6 Å². The predicted octanol–water partition coefficient (Wildman–Crippen LogP) is 5.03. The molecular formula is C22H31N5O3SSi. The number of amides is 1. The summed E-state index contributed by atoms with van der Waals surface area (Å²) in [6.45, 7) is 9.31. The molecule has 172 valence electrons. The first-order valence-electron chi connectivity index (χ1n) is 11.0. The Morgan fingerprint density at radius 2 is 2.22 bits per heavy atom. The van der Waals surface area contributed by atoms with Crippen LogP contribution in [0.3, 0.4) is 0 Å². The minimum absolute atomic E-state index is 0.0409. The molecule has 3 aromatic heterocycles. The Labute approximate surface area is 193 Å². The molecule has 1 aliphatic heterocycles. The summed E-state index contributed by atoms with van der Waals surface area (Å²) in [6.07, 6.45) is 4.77. The fraction of sp³-hybridized carbons (Fsp3) is 0.500. The molecule has 32 heavy (non-hydrogen) atoms. The van der Waals surface area contributed by atoms with Gasteiger partial charge in [0.25, 0.3) is 0 Å². The SMILES string of the molecule is C[Si](C)(C)CCOCn1ccc2c(N[C@@H]3CCCN(C(=O)O)C3)c(-c3ccsn3)cnc21. The van der Waals surface area contributed by atoms with E-state index >= 15 is 0 Å². The van der Waals surface area contributed by atoms with Crippen LogP contribution in [-0.2, 0) is 11.5 Å². The van der Waals surface area contributed by atoms with Gasteiger partial charge < -0.3 is 24.6 Å². The van der Waals surface area contributed by atoms with Gasteiger partial charge in [0.05, 0.1) is 11.4 Å². The van der Waals surface area contributed by atoms with Gasteiger partial charge in [0.2, 0.25) is 0 Å². The fourth-order valence-corrected chi connectivity index (χ4v) is 5.24. The second kappa shape index (κ2) is 9.59. The molecule has 1 fully saturated rings. The number of carbonyl (C=O) groups is 1. The molecule has 8 nitrogen and oxygen atoms in total. The van der Waals surface area contributed by atoms with Gasteiger partial charge in [-0.3, -0.25) is 0 Å². The van der Waals surface area contributed by atoms with Crippen LogP contribution in [-0.4, -0.2) is 63.8 Å². The van der Waals surface area contributed by atoms with Crippen molar-refractivity contribution in [1.82, 2.24) is 18.8 Å². The van der Waals surface area contributed by atoms with Crippen molar-refractivity contribution >= 4 is 42.4 Å². The van der Waals surface area contributed by atoms with Crippen LogP contribution in [0, 0.1) is 0 Å². The van der Waals surface area contributed by atoms with Crippen molar-refractivity contribution in [2.24, 2.45) is 0 Å². The minimum atomic E-state index is -1.13. The summed E-state index contributed by atoms with van der Waals surface area (Å²) >= 11 is 1.41. The maximum atomic E-state index is 11.5. The third kappa shape index (κ3) is 5.30. The zero-order valence-corrected chi connectivity index (χ0v) is 20.7. The molecule has 0 spiro atoms. The number of carboxylic acid groups (broad SMARTS) is 1. The largest absolute Gasteiger partial charge is 0.465 e. The number of nitrogens with one attached hydrogen (secondary N) is 1. The number of rotatable bonds is 8. The molecule has 1 atom stereocenters. The van der Waals surface area contributed by atoms with Gasteiger partial charge in [-0.25, -0.2) is 9.78 Å². The highest BCUT2D eigenvalue weighted by atomic mass is 32.1. The summed E-state index contributed by atoms with van der Waals surface area (Å²) in [7, 11) is -1.13. The number of ether oxygens (including phenoxy) is 1. The zero-order valence-electron chi connectivity index (χ0n) is 18.9. The van der Waals surface area contributed by atoms with Crippen molar-refractivity contribution in [3.05, 3.63) is 29.9 Å². The number of pyridine rings is 1. The van der Waals surface area contributed by atoms with Gasteiger partial charge in [0.1, 0.15) is 12.4 Å². The fourth-order valence-electron chi connectivity index (χ4n) is 3.96. The van der Waals surface area contributed by atoms with Gasteiger partial charge in [-0.2, -0.15) is 4.37 Å². The minimum Gasteiger partial charge on any atom is -0.465 e. The van der Waals surface area contributed by atoms with Gasteiger partial charge >= 0.3 is 6.09 Å². The van der Waals surface area contributed by atoms with E-state index < -0.39 is 14.2 Å². The van der Waals surface area contributed by atoms with Gasteiger partial charge in [-0.1, -0.05) is 19.6 Å². The molecule has 3 aromatic rings. The Hall–Kier alpha value is -2.43. The molecule has 10 heteroatoms. The Bertz CT molecular complexity index is 1060. The highest BCUT2D eigenvalue weighted by Gasteiger charge is 2.25. The summed E-state index contributed by atoms with van der Waals surface area (Å²) in [5.74, 6) is 0. The van der Waals surface area contributed by atoms with Crippen LogP contribution < -0.4 is 5.32 Å². The number of aromatic nitrogens is 3. The highest BCUT2D eigenvalue weighted by molar-refractivity contribution is 7.03. The summed E-state index contributed by atoms with van der Waals surface area (Å²) < 4.78 is 12.5. The summed E-state index contributed by atoms with van der Waals surface area (Å²) in [5, 5.41) is 16.0. The quantitative estimate of drug-likeness (QED) is 0.352. The molecular weight excluding hydrogens is 442 g/mol. The summed E-state index contributed by atoms with van der Waals surface area (Å²) in [4.78, 5) is 17.7. The lowest BCUT2D eigenvalue weighted by molar-refractivity contribution is 0.0899. The standard InChI is InChI=1S/C22H31N5O3SSi/c1-32(2,3)12-10-30-15-27-9-6-17-20(24-16-5-4-8-26(14-16)22(28)29)18(13-23-21(17)27)19-7-11-31-25-19/h6-7,9,11,13,16H,4-5,8,10,12,14-15H2,1-3H3,(H,23,24)(H,28,29)/t16-/m1/s1. The molecule has 1 amide bonds. The first kappa shape index (κ1) is 22.7. The molecule has 0 unspecified atom stereocenters. The van der Waals surface area contributed by atoms with Gasteiger partial charge in [0.15, 0.2) is 0 Å². The lowest BCUT2D eigenvalue weighted by Crippen LogP contribution is -2.44. The Morgan fingerprint density at radius 3 is 2.94 bits per heavy atom. The van der Waals surface area contributed by atoms with Crippen LogP contribution in [0.4, 0.5) is 10.5 Å². The van der Waals surface area contributed by atoms with Crippen LogP contribution in [0.5, 0.6) is 0 Å². The molecule has 0 aliphatic carbocycles. The van der Waals surface area contributed by atoms with Crippen LogP contribution >= 0.6 is 11.5 Å². The van der Waals surface area contributed by atoms with Gasteiger partial charge in [-0.15, -0.1) is 0 Å². The van der Waals surface area contributed by atoms with Crippen molar-refractivity contribution in [3.8, 4) is 11.3 Å². The van der Waals surface area contributed by atoms with E-state index in [1.807, 2.05) is 28.4 Å². The summed E-state index contributed by atoms with van der Waals surface area (Å²) in [5.41, 5.74) is 3.62. The smallest absolute Gasteiger partial charge is 0.407 e. The average Bonchev–Trinajstić information content (AvgIpc) is 3.41. The molecule has 1 aliphatic rings. The van der Waals surface area contributed by atoms with Crippen LogP contribution in [0.15, 0.2) is 29.9 Å². The zero-order chi connectivity index (χ0) is 22.7. The van der Waals surface area contributed by atoms with E-state index in [0.29, 0.717) is 19.8 Å². The molecule has 2 N–H and O–H groups in total. The summed E-state index contributed by atoms with van der Waals surface area (Å²) in [6, 6.07) is 5.21. The van der Waals surface area contributed by atoms with Gasteiger partial charge in [0, 0.05) is 62.5 Å². The van der Waals surface area contributed by atoms with Crippen molar-refractivity contribution in [3.63, 3.8) is 0 Å². The van der Waals surface area contributed by atoms with Crippen molar-refractivity contribution in [2.75, 3.05) is 25.0 Å². The lowest BCUT2D eigenvalue weighted by atomic mass is 10.0. The maximum Gasteiger partial charge on any atom is 0.407 e. The third-order valence-electron chi connectivity index (χ3n) is 5.77. The van der Waals surface area contributed by atoms with Crippen LogP contribution in [0.1, 0.15) is 12.8 Å². The van der Waals surface area contributed by atoms with E-state index in [1.165, 1.54) is 16.4 Å². The molecule has 4 heterocycles. The number of nitrogens with zero attached hydrogens (tertiary/aromatic N) is 4. The molecule has 0 saturated carbocycles. The van der Waals surface area contributed by atoms with Crippen molar-refractivity contribution in [2.45, 2.75) is 51.3 Å². The first-order valence-corrected chi connectivity index (χ1v) is 15.6. The Kier molecular flexibility index (Phi) is 6.82. The van der Waals surface area contributed by atoms with Crippen molar-refractivity contribution < 1.29 is 14.6 Å². The normalized spacial score (nSPS) is 17.1. The van der Waals surface area contributed by atoms with E-state index in [2.05, 4.69) is 35.4 Å². The lowest BCUT2D eigenvalue weighted by Gasteiger charge is -2.32. The topological polar surface area (TPSA) is 92.5 Å². The molecule has 4 rings (SSSR count). The molecule has 0 bridgehead atoms. The molecule has 0 radical (unpaired) electrons. The second-order valence-corrected chi connectivity index (χ2v) is 15.8. The van der Waals surface area contributed by atoms with E-state index in [4.69, 9.17) is 9.72 Å². The van der Waals surface area contributed by atoms with E-state index in [-0.39, 0.29) is 6.04 Å². The predicted molar refractivity (Wildman–Crippen MR) is 131 cm³/mol. The second-order valence-electron chi connectivity index (χ2n) is 9.51. The Morgan fingerprint density at radius 1 is 1.38 bits per heavy atom. The number of piperidine rings is 1. The number of fused-ring (bicyclic) bond motifs is 1. The molecule has 1 saturated heterocycles. The van der Waals surface area contributed by atoms with E-state index in [1.54, 1.807) is 0 Å².